The Hall–Kier alpha value is -0.610. The summed E-state index contributed by atoms with van der Waals surface area (Å²) in [5.41, 5.74) is 0. The van der Waals surface area contributed by atoms with Gasteiger partial charge in [0.05, 0.1) is 13.2 Å². The van der Waals surface area contributed by atoms with Gasteiger partial charge < -0.3 is 15.4 Å². The highest BCUT2D eigenvalue weighted by Crippen LogP contribution is 2.44. The summed E-state index contributed by atoms with van der Waals surface area (Å²) in [6.07, 6.45) is 5.40. The van der Waals surface area contributed by atoms with Crippen molar-refractivity contribution in [2.24, 2.45) is 11.8 Å². The number of amides is 1. The van der Waals surface area contributed by atoms with Crippen molar-refractivity contribution in [3.63, 3.8) is 0 Å². The summed E-state index contributed by atoms with van der Waals surface area (Å²) in [5, 5.41) is 6.33. The summed E-state index contributed by atoms with van der Waals surface area (Å²) in [5.74, 6) is 1.83. The van der Waals surface area contributed by atoms with E-state index in [-0.39, 0.29) is 11.9 Å². The minimum atomic E-state index is 0.0809. The first-order valence-corrected chi connectivity index (χ1v) is 6.70. The quantitative estimate of drug-likeness (QED) is 0.726. The standard InChI is InChI=1S/C13H24N2O2/c1-9(8-17-2)15-13(16)7-14-12-6-10-3-4-11(12)5-10/h9-12,14H,3-8H2,1-2H3,(H,15,16). The van der Waals surface area contributed by atoms with Crippen molar-refractivity contribution < 1.29 is 9.53 Å². The third-order valence-corrected chi connectivity index (χ3v) is 4.09. The molecule has 1 amide bonds. The second-order valence-corrected chi connectivity index (χ2v) is 5.59. The lowest BCUT2D eigenvalue weighted by Gasteiger charge is -2.23. The molecule has 0 spiro atoms. The van der Waals surface area contributed by atoms with Gasteiger partial charge in [-0.2, -0.15) is 0 Å². The van der Waals surface area contributed by atoms with Crippen LogP contribution in [-0.4, -0.2) is 38.3 Å². The number of carbonyl (C=O) groups excluding carboxylic acids is 1. The number of nitrogens with one attached hydrogen (secondary N) is 2. The van der Waals surface area contributed by atoms with E-state index < -0.39 is 0 Å². The van der Waals surface area contributed by atoms with Gasteiger partial charge in [0.1, 0.15) is 0 Å². The predicted octanol–water partition coefficient (Wildman–Crippen LogP) is 0.916. The number of hydrogen-bond donors (Lipinski definition) is 2. The minimum absolute atomic E-state index is 0.0809. The summed E-state index contributed by atoms with van der Waals surface area (Å²) in [4.78, 5) is 11.7. The molecule has 2 aliphatic rings. The molecule has 2 rings (SSSR count). The lowest BCUT2D eigenvalue weighted by atomic mass is 9.95. The van der Waals surface area contributed by atoms with Gasteiger partial charge in [-0.1, -0.05) is 6.42 Å². The highest BCUT2D eigenvalue weighted by molar-refractivity contribution is 5.78. The van der Waals surface area contributed by atoms with Crippen molar-refractivity contribution in [1.82, 2.24) is 10.6 Å². The highest BCUT2D eigenvalue weighted by atomic mass is 16.5. The van der Waals surface area contributed by atoms with Crippen LogP contribution in [0, 0.1) is 11.8 Å². The Morgan fingerprint density at radius 3 is 2.82 bits per heavy atom. The van der Waals surface area contributed by atoms with Crippen LogP contribution in [0.4, 0.5) is 0 Å². The Bertz CT molecular complexity index is 270. The molecule has 4 nitrogen and oxygen atoms in total. The van der Waals surface area contributed by atoms with Crippen LogP contribution in [0.5, 0.6) is 0 Å². The Kier molecular flexibility index (Phi) is 4.40. The molecular weight excluding hydrogens is 216 g/mol. The fourth-order valence-electron chi connectivity index (χ4n) is 3.34. The SMILES string of the molecule is COCC(C)NC(=O)CNC1CC2CCC1C2. The zero-order valence-electron chi connectivity index (χ0n) is 10.9. The van der Waals surface area contributed by atoms with E-state index in [1.807, 2.05) is 6.92 Å². The second kappa shape index (κ2) is 5.83. The van der Waals surface area contributed by atoms with Gasteiger partial charge in [0, 0.05) is 19.2 Å². The number of carbonyl (C=O) groups is 1. The summed E-state index contributed by atoms with van der Waals surface area (Å²) >= 11 is 0. The Morgan fingerprint density at radius 2 is 2.24 bits per heavy atom. The Morgan fingerprint density at radius 1 is 1.41 bits per heavy atom. The molecule has 98 valence electrons. The van der Waals surface area contributed by atoms with Crippen LogP contribution in [0.3, 0.4) is 0 Å². The zero-order valence-corrected chi connectivity index (χ0v) is 10.9. The summed E-state index contributed by atoms with van der Waals surface area (Å²) in [6, 6.07) is 0.673. The molecular formula is C13H24N2O2. The van der Waals surface area contributed by atoms with Crippen LogP contribution in [0.1, 0.15) is 32.6 Å². The van der Waals surface area contributed by atoms with E-state index >= 15 is 0 Å². The van der Waals surface area contributed by atoms with E-state index in [4.69, 9.17) is 4.74 Å². The molecule has 0 aromatic rings. The van der Waals surface area contributed by atoms with Crippen LogP contribution in [0.25, 0.3) is 0 Å². The average molecular weight is 240 g/mol. The van der Waals surface area contributed by atoms with Crippen molar-refractivity contribution >= 4 is 5.91 Å². The number of fused-ring (bicyclic) bond motifs is 2. The Balaban J connectivity index is 1.63. The molecule has 2 aliphatic carbocycles. The van der Waals surface area contributed by atoms with Crippen LogP contribution >= 0.6 is 0 Å². The molecule has 2 saturated carbocycles. The van der Waals surface area contributed by atoms with Crippen molar-refractivity contribution in [2.75, 3.05) is 20.3 Å². The molecule has 2 fully saturated rings. The van der Waals surface area contributed by atoms with Gasteiger partial charge in [-0.25, -0.2) is 0 Å². The summed E-state index contributed by atoms with van der Waals surface area (Å²) < 4.78 is 4.99. The maximum absolute atomic E-state index is 11.7. The molecule has 0 aromatic heterocycles. The normalized spacial score (nSPS) is 32.7. The molecule has 0 radical (unpaired) electrons. The van der Waals surface area contributed by atoms with E-state index in [2.05, 4.69) is 10.6 Å². The maximum Gasteiger partial charge on any atom is 0.234 e. The molecule has 0 saturated heterocycles. The summed E-state index contributed by atoms with van der Waals surface area (Å²) in [7, 11) is 1.65. The van der Waals surface area contributed by atoms with Gasteiger partial charge >= 0.3 is 0 Å². The zero-order chi connectivity index (χ0) is 12.3. The molecule has 2 bridgehead atoms. The molecule has 0 heterocycles. The lowest BCUT2D eigenvalue weighted by molar-refractivity contribution is -0.121. The van der Waals surface area contributed by atoms with E-state index in [1.165, 1.54) is 25.7 Å². The van der Waals surface area contributed by atoms with Crippen LogP contribution in [0.2, 0.25) is 0 Å². The number of hydrogen-bond acceptors (Lipinski definition) is 3. The molecule has 0 aromatic carbocycles. The van der Waals surface area contributed by atoms with E-state index in [1.54, 1.807) is 7.11 Å². The first kappa shape index (κ1) is 12.8. The van der Waals surface area contributed by atoms with Gasteiger partial charge in [0.15, 0.2) is 0 Å². The van der Waals surface area contributed by atoms with Crippen molar-refractivity contribution in [3.05, 3.63) is 0 Å². The van der Waals surface area contributed by atoms with Crippen molar-refractivity contribution in [2.45, 2.75) is 44.7 Å². The smallest absolute Gasteiger partial charge is 0.234 e. The van der Waals surface area contributed by atoms with Gasteiger partial charge in [0.25, 0.3) is 0 Å². The van der Waals surface area contributed by atoms with Gasteiger partial charge in [-0.15, -0.1) is 0 Å². The van der Waals surface area contributed by atoms with E-state index in [0.717, 1.165) is 11.8 Å². The molecule has 2 N–H and O–H groups in total. The van der Waals surface area contributed by atoms with Crippen molar-refractivity contribution in [3.8, 4) is 0 Å². The predicted molar refractivity (Wildman–Crippen MR) is 66.7 cm³/mol. The lowest BCUT2D eigenvalue weighted by Crippen LogP contribution is -2.44. The molecule has 0 aliphatic heterocycles. The van der Waals surface area contributed by atoms with Crippen LogP contribution in [-0.2, 0) is 9.53 Å². The Labute approximate surface area is 103 Å². The van der Waals surface area contributed by atoms with E-state index in [9.17, 15) is 4.79 Å². The largest absolute Gasteiger partial charge is 0.383 e. The van der Waals surface area contributed by atoms with E-state index in [0.29, 0.717) is 19.2 Å². The fraction of sp³-hybridized carbons (Fsp3) is 0.923. The third kappa shape index (κ3) is 3.42. The molecule has 4 heteroatoms. The maximum atomic E-state index is 11.7. The van der Waals surface area contributed by atoms with Gasteiger partial charge in [-0.05, 0) is 38.0 Å². The molecule has 4 unspecified atom stereocenters. The first-order chi connectivity index (χ1) is 8.19. The summed E-state index contributed by atoms with van der Waals surface area (Å²) in [6.45, 7) is 2.97. The van der Waals surface area contributed by atoms with Gasteiger partial charge in [0.2, 0.25) is 5.91 Å². The monoisotopic (exact) mass is 240 g/mol. The minimum Gasteiger partial charge on any atom is -0.383 e. The highest BCUT2D eigenvalue weighted by Gasteiger charge is 2.39. The molecule has 17 heavy (non-hydrogen) atoms. The molecule has 4 atom stereocenters. The van der Waals surface area contributed by atoms with Gasteiger partial charge in [-0.3, -0.25) is 4.79 Å². The third-order valence-electron chi connectivity index (χ3n) is 4.09. The fourth-order valence-corrected chi connectivity index (χ4v) is 3.34. The number of methoxy groups -OCH3 is 1. The van der Waals surface area contributed by atoms with Crippen LogP contribution < -0.4 is 10.6 Å². The number of ether oxygens (including phenoxy) is 1. The second-order valence-electron chi connectivity index (χ2n) is 5.59. The number of rotatable bonds is 6. The van der Waals surface area contributed by atoms with Crippen LogP contribution in [0.15, 0.2) is 0 Å². The van der Waals surface area contributed by atoms with Crippen molar-refractivity contribution in [1.29, 1.82) is 0 Å². The first-order valence-electron chi connectivity index (χ1n) is 6.70. The topological polar surface area (TPSA) is 50.4 Å². The average Bonchev–Trinajstić information content (AvgIpc) is 2.88.